The predicted octanol–water partition coefficient (Wildman–Crippen LogP) is 7.28. The Morgan fingerprint density at radius 2 is 1.82 bits per heavy atom. The van der Waals surface area contributed by atoms with Gasteiger partial charge in [-0.25, -0.2) is 0 Å². The maximum absolute atomic E-state index is 9.70. The van der Waals surface area contributed by atoms with Gasteiger partial charge in [0.25, 0.3) is 0 Å². The Labute approximate surface area is 139 Å². The van der Waals surface area contributed by atoms with Crippen LogP contribution in [-0.2, 0) is 0 Å². The van der Waals surface area contributed by atoms with Gasteiger partial charge >= 0.3 is 0 Å². The molecule has 0 aromatic rings. The molecule has 1 heteroatoms. The molecule has 1 rings (SSSR count). The molecule has 0 amide bonds. The Morgan fingerprint density at radius 3 is 2.36 bits per heavy atom. The topological polar surface area (TPSA) is 20.2 Å². The van der Waals surface area contributed by atoms with Gasteiger partial charge in [-0.3, -0.25) is 0 Å². The lowest BCUT2D eigenvalue weighted by Crippen LogP contribution is -2.42. The van der Waals surface area contributed by atoms with Crippen LogP contribution in [0.3, 0.4) is 0 Å². The first-order valence-corrected chi connectivity index (χ1v) is 9.72. The molecule has 0 aromatic carbocycles. The molecule has 1 fully saturated rings. The van der Waals surface area contributed by atoms with Gasteiger partial charge in [-0.15, -0.1) is 0 Å². The van der Waals surface area contributed by atoms with E-state index in [1.807, 2.05) is 6.92 Å². The zero-order valence-corrected chi connectivity index (χ0v) is 16.0. The van der Waals surface area contributed by atoms with Crippen LogP contribution in [-0.4, -0.2) is 5.11 Å². The summed E-state index contributed by atoms with van der Waals surface area (Å²) in [4.78, 5) is 0. The van der Waals surface area contributed by atoms with Gasteiger partial charge in [-0.1, -0.05) is 59.8 Å². The first-order chi connectivity index (χ1) is 10.4. The van der Waals surface area contributed by atoms with E-state index >= 15 is 0 Å². The second-order valence-electron chi connectivity index (χ2n) is 8.13. The van der Waals surface area contributed by atoms with Crippen LogP contribution >= 0.6 is 0 Å². The van der Waals surface area contributed by atoms with Crippen LogP contribution in [0.15, 0.2) is 11.3 Å². The summed E-state index contributed by atoms with van der Waals surface area (Å²) in [5, 5.41) is 9.70. The normalized spacial score (nSPS) is 33.6. The smallest absolute Gasteiger partial charge is 0.0880 e. The third-order valence-electron chi connectivity index (χ3n) is 6.70. The Bertz CT molecular complexity index is 353. The summed E-state index contributed by atoms with van der Waals surface area (Å²) < 4.78 is 0. The van der Waals surface area contributed by atoms with E-state index in [9.17, 15) is 5.11 Å². The summed E-state index contributed by atoms with van der Waals surface area (Å²) >= 11 is 0. The van der Waals surface area contributed by atoms with Crippen molar-refractivity contribution in [3.8, 4) is 0 Å². The zero-order valence-electron chi connectivity index (χ0n) is 16.0. The van der Waals surface area contributed by atoms with Crippen molar-refractivity contribution in [2.24, 2.45) is 23.2 Å². The SMILES string of the molecule is CCCCCC1(C)C(CC)CC[C@H](C)C1CCC(C)=C(C)O. The van der Waals surface area contributed by atoms with Crippen molar-refractivity contribution in [3.05, 3.63) is 11.3 Å². The summed E-state index contributed by atoms with van der Waals surface area (Å²) in [6, 6.07) is 0. The van der Waals surface area contributed by atoms with Crippen molar-refractivity contribution >= 4 is 0 Å². The zero-order chi connectivity index (χ0) is 16.8. The third-order valence-corrected chi connectivity index (χ3v) is 6.70. The van der Waals surface area contributed by atoms with Gasteiger partial charge in [0.2, 0.25) is 0 Å². The quantitative estimate of drug-likeness (QED) is 0.369. The molecule has 0 aliphatic heterocycles. The van der Waals surface area contributed by atoms with Gasteiger partial charge in [0.15, 0.2) is 0 Å². The summed E-state index contributed by atoms with van der Waals surface area (Å²) in [7, 11) is 0. The maximum Gasteiger partial charge on any atom is 0.0880 e. The highest BCUT2D eigenvalue weighted by molar-refractivity contribution is 5.03. The van der Waals surface area contributed by atoms with Crippen molar-refractivity contribution in [2.75, 3.05) is 0 Å². The lowest BCUT2D eigenvalue weighted by atomic mass is 9.54. The molecular weight excluding hydrogens is 268 g/mol. The molecule has 0 spiro atoms. The number of aliphatic hydroxyl groups excluding tert-OH is 1. The lowest BCUT2D eigenvalue weighted by molar-refractivity contribution is -0.0138. The highest BCUT2D eigenvalue weighted by Gasteiger charge is 2.45. The van der Waals surface area contributed by atoms with Crippen LogP contribution in [0.5, 0.6) is 0 Å². The summed E-state index contributed by atoms with van der Waals surface area (Å²) in [5.74, 6) is 3.08. The van der Waals surface area contributed by atoms with Gasteiger partial charge < -0.3 is 5.11 Å². The maximum atomic E-state index is 9.70. The van der Waals surface area contributed by atoms with Crippen molar-refractivity contribution in [1.29, 1.82) is 0 Å². The monoisotopic (exact) mass is 308 g/mol. The largest absolute Gasteiger partial charge is 0.513 e. The molecule has 0 aromatic heterocycles. The molecule has 130 valence electrons. The third kappa shape index (κ3) is 4.77. The minimum Gasteiger partial charge on any atom is -0.513 e. The molecule has 0 bridgehead atoms. The molecule has 1 aliphatic rings. The van der Waals surface area contributed by atoms with Crippen LogP contribution in [0.25, 0.3) is 0 Å². The molecule has 4 atom stereocenters. The number of hydrogen-bond donors (Lipinski definition) is 1. The van der Waals surface area contributed by atoms with E-state index in [1.54, 1.807) is 0 Å². The first kappa shape index (κ1) is 19.6. The average Bonchev–Trinajstić information content (AvgIpc) is 2.47. The van der Waals surface area contributed by atoms with E-state index in [2.05, 4.69) is 34.6 Å². The molecule has 1 saturated carbocycles. The van der Waals surface area contributed by atoms with Crippen LogP contribution in [0.4, 0.5) is 0 Å². The van der Waals surface area contributed by atoms with Gasteiger partial charge in [-0.05, 0) is 68.3 Å². The molecule has 1 aliphatic carbocycles. The van der Waals surface area contributed by atoms with Gasteiger partial charge in [-0.2, -0.15) is 0 Å². The minimum atomic E-state index is 0.505. The van der Waals surface area contributed by atoms with Crippen molar-refractivity contribution in [3.63, 3.8) is 0 Å². The first-order valence-electron chi connectivity index (χ1n) is 9.72. The molecule has 0 heterocycles. The van der Waals surface area contributed by atoms with E-state index in [0.29, 0.717) is 11.2 Å². The van der Waals surface area contributed by atoms with E-state index in [4.69, 9.17) is 0 Å². The van der Waals surface area contributed by atoms with Gasteiger partial charge in [0, 0.05) is 0 Å². The Balaban J connectivity index is 2.86. The highest BCUT2D eigenvalue weighted by Crippen LogP contribution is 2.54. The summed E-state index contributed by atoms with van der Waals surface area (Å²) in [6.45, 7) is 13.7. The fraction of sp³-hybridized carbons (Fsp3) is 0.905. The Kier molecular flexibility index (Phi) is 8.00. The standard InChI is InChI=1S/C21H40O/c1-7-9-10-15-21(6)19(8-2)13-11-17(4)20(21)14-12-16(3)18(5)22/h17,19-20,22H,7-15H2,1-6H3/t17-,19?,20?,21?/m0/s1. The van der Waals surface area contributed by atoms with E-state index in [1.165, 1.54) is 56.9 Å². The Hall–Kier alpha value is -0.460. The minimum absolute atomic E-state index is 0.505. The number of hydrogen-bond acceptors (Lipinski definition) is 1. The summed E-state index contributed by atoms with van der Waals surface area (Å²) in [6.07, 6.45) is 12.0. The number of allylic oxidation sites excluding steroid dienone is 2. The van der Waals surface area contributed by atoms with Gasteiger partial charge in [0.1, 0.15) is 0 Å². The second-order valence-corrected chi connectivity index (χ2v) is 8.13. The number of aliphatic hydroxyl groups is 1. The molecular formula is C21H40O. The van der Waals surface area contributed by atoms with E-state index in [-0.39, 0.29) is 0 Å². The van der Waals surface area contributed by atoms with Crippen LogP contribution in [0.2, 0.25) is 0 Å². The lowest BCUT2D eigenvalue weighted by Gasteiger charge is -2.51. The van der Waals surface area contributed by atoms with Gasteiger partial charge in [0.05, 0.1) is 5.76 Å². The van der Waals surface area contributed by atoms with E-state index in [0.717, 1.165) is 24.2 Å². The summed E-state index contributed by atoms with van der Waals surface area (Å²) in [5.41, 5.74) is 1.69. The molecule has 22 heavy (non-hydrogen) atoms. The van der Waals surface area contributed by atoms with Crippen LogP contribution < -0.4 is 0 Å². The van der Waals surface area contributed by atoms with Crippen molar-refractivity contribution in [2.45, 2.75) is 99.3 Å². The second kappa shape index (κ2) is 8.99. The molecule has 1 N–H and O–H groups in total. The van der Waals surface area contributed by atoms with Crippen molar-refractivity contribution < 1.29 is 5.11 Å². The van der Waals surface area contributed by atoms with E-state index < -0.39 is 0 Å². The Morgan fingerprint density at radius 1 is 1.14 bits per heavy atom. The fourth-order valence-corrected chi connectivity index (χ4v) is 4.93. The molecule has 1 nitrogen and oxygen atoms in total. The van der Waals surface area contributed by atoms with Crippen LogP contribution in [0.1, 0.15) is 99.3 Å². The predicted molar refractivity (Wildman–Crippen MR) is 98.2 cm³/mol. The van der Waals surface area contributed by atoms with Crippen molar-refractivity contribution in [1.82, 2.24) is 0 Å². The number of rotatable bonds is 8. The number of unbranched alkanes of at least 4 members (excludes halogenated alkanes) is 2. The molecule has 0 saturated heterocycles. The van der Waals surface area contributed by atoms with Crippen LogP contribution in [0, 0.1) is 23.2 Å². The molecule has 0 radical (unpaired) electrons. The average molecular weight is 309 g/mol. The highest BCUT2D eigenvalue weighted by atomic mass is 16.3. The fourth-order valence-electron chi connectivity index (χ4n) is 4.93. The molecule has 3 unspecified atom stereocenters.